The first-order valence-electron chi connectivity index (χ1n) is 8.32. The van der Waals surface area contributed by atoms with Gasteiger partial charge in [-0.1, -0.05) is 0 Å². The van der Waals surface area contributed by atoms with Gasteiger partial charge in [-0.15, -0.1) is 11.3 Å². The van der Waals surface area contributed by atoms with Gasteiger partial charge >= 0.3 is 5.97 Å². The summed E-state index contributed by atoms with van der Waals surface area (Å²) in [4.78, 5) is 37.8. The number of likely N-dealkylation sites (tertiary alicyclic amines) is 1. The van der Waals surface area contributed by atoms with Crippen molar-refractivity contribution < 1.29 is 14.7 Å². The van der Waals surface area contributed by atoms with Crippen molar-refractivity contribution >= 4 is 23.2 Å². The van der Waals surface area contributed by atoms with Crippen LogP contribution in [0.1, 0.15) is 31.4 Å². The van der Waals surface area contributed by atoms with Gasteiger partial charge in [0, 0.05) is 37.3 Å². The molecule has 1 aliphatic rings. The van der Waals surface area contributed by atoms with E-state index in [0.29, 0.717) is 18.7 Å². The number of carbonyl (C=O) groups is 2. The van der Waals surface area contributed by atoms with Gasteiger partial charge in [0.1, 0.15) is 10.7 Å². The van der Waals surface area contributed by atoms with Crippen molar-refractivity contribution in [3.05, 3.63) is 29.7 Å². The molecule has 25 heavy (non-hydrogen) atoms. The summed E-state index contributed by atoms with van der Waals surface area (Å²) in [6.07, 6.45) is 7.87. The molecule has 0 spiro atoms. The molecule has 1 fully saturated rings. The van der Waals surface area contributed by atoms with E-state index in [0.717, 1.165) is 30.1 Å². The Morgan fingerprint density at radius 2 is 2.24 bits per heavy atom. The zero-order valence-corrected chi connectivity index (χ0v) is 14.6. The predicted octanol–water partition coefficient (Wildman–Crippen LogP) is 2.25. The molecule has 1 atom stereocenters. The lowest BCUT2D eigenvalue weighted by molar-refractivity contribution is -0.137. The van der Waals surface area contributed by atoms with Crippen LogP contribution < -0.4 is 0 Å². The van der Waals surface area contributed by atoms with Crippen molar-refractivity contribution in [2.75, 3.05) is 13.1 Å². The van der Waals surface area contributed by atoms with Crippen LogP contribution in [-0.4, -0.2) is 49.9 Å². The van der Waals surface area contributed by atoms with Crippen molar-refractivity contribution in [2.24, 2.45) is 5.92 Å². The van der Waals surface area contributed by atoms with Crippen molar-refractivity contribution in [1.82, 2.24) is 19.9 Å². The lowest BCUT2D eigenvalue weighted by Gasteiger charge is -2.32. The summed E-state index contributed by atoms with van der Waals surface area (Å²) in [7, 11) is 0. The van der Waals surface area contributed by atoms with E-state index in [2.05, 4.69) is 15.0 Å². The van der Waals surface area contributed by atoms with Crippen molar-refractivity contribution in [3.8, 4) is 10.7 Å². The number of amides is 1. The summed E-state index contributed by atoms with van der Waals surface area (Å²) in [6, 6.07) is 0. The van der Waals surface area contributed by atoms with Crippen LogP contribution in [0.2, 0.25) is 0 Å². The number of carbonyl (C=O) groups excluding carboxylic acids is 1. The van der Waals surface area contributed by atoms with E-state index in [1.165, 1.54) is 11.3 Å². The minimum Gasteiger partial charge on any atom is -0.481 e. The highest BCUT2D eigenvalue weighted by Crippen LogP contribution is 2.24. The number of hydrogen-bond donors (Lipinski definition) is 1. The van der Waals surface area contributed by atoms with Crippen LogP contribution in [-0.2, 0) is 16.0 Å². The predicted molar refractivity (Wildman–Crippen MR) is 93.0 cm³/mol. The normalized spacial score (nSPS) is 17.4. The third-order valence-electron chi connectivity index (χ3n) is 4.30. The summed E-state index contributed by atoms with van der Waals surface area (Å²) in [6.45, 7) is 1.39. The summed E-state index contributed by atoms with van der Waals surface area (Å²) in [5, 5.41) is 11.5. The maximum Gasteiger partial charge on any atom is 0.303 e. The minimum absolute atomic E-state index is 0.0519. The molecule has 132 valence electrons. The third kappa shape index (κ3) is 4.82. The quantitative estimate of drug-likeness (QED) is 0.849. The summed E-state index contributed by atoms with van der Waals surface area (Å²) < 4.78 is 0. The van der Waals surface area contributed by atoms with Crippen LogP contribution in [0.3, 0.4) is 0 Å². The van der Waals surface area contributed by atoms with Crippen LogP contribution in [0.5, 0.6) is 0 Å². The number of aromatic nitrogens is 3. The first kappa shape index (κ1) is 17.5. The number of carboxylic acids is 1. The lowest BCUT2D eigenvalue weighted by Crippen LogP contribution is -2.40. The maximum absolute atomic E-state index is 12.5. The molecule has 7 nitrogen and oxygen atoms in total. The molecule has 2 aromatic heterocycles. The van der Waals surface area contributed by atoms with Crippen LogP contribution >= 0.6 is 11.3 Å². The fourth-order valence-corrected chi connectivity index (χ4v) is 3.82. The molecule has 2 aromatic rings. The Morgan fingerprint density at radius 1 is 1.36 bits per heavy atom. The molecule has 0 bridgehead atoms. The van der Waals surface area contributed by atoms with Gasteiger partial charge in [-0.25, -0.2) is 4.98 Å². The summed E-state index contributed by atoms with van der Waals surface area (Å²) in [5.41, 5.74) is 1.45. The molecular weight excluding hydrogens is 340 g/mol. The Morgan fingerprint density at radius 3 is 3.00 bits per heavy atom. The number of rotatable bonds is 6. The Bertz CT molecular complexity index is 735. The van der Waals surface area contributed by atoms with Crippen LogP contribution in [0.15, 0.2) is 24.0 Å². The first-order valence-corrected chi connectivity index (χ1v) is 9.20. The second-order valence-electron chi connectivity index (χ2n) is 6.19. The fourth-order valence-electron chi connectivity index (χ4n) is 3.04. The topological polar surface area (TPSA) is 96.3 Å². The number of nitrogens with zero attached hydrogens (tertiary/aromatic N) is 4. The molecule has 1 amide bonds. The average Bonchev–Trinajstić information content (AvgIpc) is 3.09. The van der Waals surface area contributed by atoms with E-state index < -0.39 is 5.97 Å². The number of carboxylic acid groups (broad SMARTS) is 1. The molecule has 0 radical (unpaired) electrons. The smallest absolute Gasteiger partial charge is 0.303 e. The zero-order chi connectivity index (χ0) is 17.6. The monoisotopic (exact) mass is 360 g/mol. The molecule has 0 aliphatic carbocycles. The molecule has 1 aliphatic heterocycles. The molecule has 0 saturated carbocycles. The Hall–Kier alpha value is -2.35. The second kappa shape index (κ2) is 8.15. The number of aliphatic carboxylic acids is 1. The summed E-state index contributed by atoms with van der Waals surface area (Å²) >= 11 is 1.45. The van der Waals surface area contributed by atoms with Crippen molar-refractivity contribution in [2.45, 2.75) is 32.1 Å². The molecule has 0 unspecified atom stereocenters. The van der Waals surface area contributed by atoms with Gasteiger partial charge in [-0.2, -0.15) is 0 Å². The SMILES string of the molecule is O=C(O)CC[C@H]1CCCN(C(=O)Cc2csc(-c3cnccn3)n2)C1. The highest BCUT2D eigenvalue weighted by Gasteiger charge is 2.24. The van der Waals surface area contributed by atoms with Crippen molar-refractivity contribution in [3.63, 3.8) is 0 Å². The van der Waals surface area contributed by atoms with Gasteiger partial charge in [0.25, 0.3) is 0 Å². The Labute approximate surface area is 149 Å². The largest absolute Gasteiger partial charge is 0.481 e. The number of thiazole rings is 1. The van der Waals surface area contributed by atoms with Gasteiger partial charge < -0.3 is 10.0 Å². The average molecular weight is 360 g/mol. The van der Waals surface area contributed by atoms with E-state index in [1.807, 2.05) is 10.3 Å². The number of hydrogen-bond acceptors (Lipinski definition) is 6. The van der Waals surface area contributed by atoms with E-state index in [4.69, 9.17) is 5.11 Å². The third-order valence-corrected chi connectivity index (χ3v) is 5.22. The first-order chi connectivity index (χ1) is 12.1. The standard InChI is InChI=1S/C17H20N4O3S/c22-15(21-7-1-2-12(10-21)3-4-16(23)24)8-13-11-25-17(20-13)14-9-18-5-6-19-14/h5-6,9,11-12H,1-4,7-8,10H2,(H,23,24)/t12-/m1/s1. The van der Waals surface area contributed by atoms with E-state index >= 15 is 0 Å². The van der Waals surface area contributed by atoms with E-state index in [1.54, 1.807) is 18.6 Å². The molecule has 3 rings (SSSR count). The molecule has 1 N–H and O–H groups in total. The lowest BCUT2D eigenvalue weighted by atomic mass is 9.93. The highest BCUT2D eigenvalue weighted by atomic mass is 32.1. The second-order valence-corrected chi connectivity index (χ2v) is 7.05. The fraction of sp³-hybridized carbons (Fsp3) is 0.471. The van der Waals surface area contributed by atoms with Gasteiger partial charge in [-0.05, 0) is 25.2 Å². The van der Waals surface area contributed by atoms with Crippen LogP contribution in [0.25, 0.3) is 10.7 Å². The maximum atomic E-state index is 12.5. The highest BCUT2D eigenvalue weighted by molar-refractivity contribution is 7.13. The van der Waals surface area contributed by atoms with Crippen LogP contribution in [0, 0.1) is 5.92 Å². The zero-order valence-electron chi connectivity index (χ0n) is 13.8. The Kier molecular flexibility index (Phi) is 5.70. The molecule has 1 saturated heterocycles. The van der Waals surface area contributed by atoms with Crippen LogP contribution in [0.4, 0.5) is 0 Å². The van der Waals surface area contributed by atoms with E-state index in [-0.39, 0.29) is 24.7 Å². The molecule has 3 heterocycles. The van der Waals surface area contributed by atoms with Gasteiger partial charge in [-0.3, -0.25) is 19.6 Å². The minimum atomic E-state index is -0.775. The molecule has 0 aromatic carbocycles. The number of piperidine rings is 1. The molecular formula is C17H20N4O3S. The molecule has 8 heteroatoms. The summed E-state index contributed by atoms with van der Waals surface area (Å²) in [5.74, 6) is -0.446. The van der Waals surface area contributed by atoms with E-state index in [9.17, 15) is 9.59 Å². The van der Waals surface area contributed by atoms with Crippen molar-refractivity contribution in [1.29, 1.82) is 0 Å². The van der Waals surface area contributed by atoms with Gasteiger partial charge in [0.2, 0.25) is 5.91 Å². The van der Waals surface area contributed by atoms with Gasteiger partial charge in [0.05, 0.1) is 18.3 Å². The Balaban J connectivity index is 1.57. The van der Waals surface area contributed by atoms with Gasteiger partial charge in [0.15, 0.2) is 0 Å².